The van der Waals surface area contributed by atoms with E-state index in [0.29, 0.717) is 6.04 Å². The van der Waals surface area contributed by atoms with Gasteiger partial charge in [-0.05, 0) is 30.5 Å². The smallest absolute Gasteiger partial charge is 0.344 e. The summed E-state index contributed by atoms with van der Waals surface area (Å²) in [6.45, 7) is 0. The minimum Gasteiger partial charge on any atom is -0.497 e. The first-order valence-corrected chi connectivity index (χ1v) is 7.19. The van der Waals surface area contributed by atoms with Gasteiger partial charge < -0.3 is 4.74 Å². The van der Waals surface area contributed by atoms with Crippen molar-refractivity contribution in [3.8, 4) is 5.75 Å². The third kappa shape index (κ3) is 2.68. The molecule has 19 heavy (non-hydrogen) atoms. The van der Waals surface area contributed by atoms with Crippen LogP contribution in [0.5, 0.6) is 5.75 Å². The van der Waals surface area contributed by atoms with Gasteiger partial charge in [-0.1, -0.05) is 23.9 Å². The van der Waals surface area contributed by atoms with Gasteiger partial charge >= 0.3 is 5.69 Å². The lowest BCUT2D eigenvalue weighted by molar-refractivity contribution is 0.414. The van der Waals surface area contributed by atoms with Crippen molar-refractivity contribution in [3.05, 3.63) is 40.3 Å². The molecule has 0 aliphatic heterocycles. The summed E-state index contributed by atoms with van der Waals surface area (Å²) < 4.78 is 6.97. The average Bonchev–Trinajstić information content (AvgIpc) is 3.20. The highest BCUT2D eigenvalue weighted by molar-refractivity contribution is 7.98. The molecule has 0 saturated heterocycles. The quantitative estimate of drug-likeness (QED) is 0.851. The molecular formula is C13H15N3O2S. The van der Waals surface area contributed by atoms with Crippen molar-refractivity contribution < 1.29 is 4.74 Å². The lowest BCUT2D eigenvalue weighted by Crippen LogP contribution is -2.16. The van der Waals surface area contributed by atoms with E-state index in [4.69, 9.17) is 4.74 Å². The summed E-state index contributed by atoms with van der Waals surface area (Å²) in [4.78, 5) is 11.6. The van der Waals surface area contributed by atoms with Crippen LogP contribution in [-0.4, -0.2) is 21.9 Å². The normalized spacial score (nSPS) is 14.6. The minimum atomic E-state index is -0.101. The highest BCUT2D eigenvalue weighted by atomic mass is 32.2. The molecule has 0 bridgehead atoms. The molecule has 0 amide bonds. The van der Waals surface area contributed by atoms with Gasteiger partial charge in [0.25, 0.3) is 0 Å². The van der Waals surface area contributed by atoms with Gasteiger partial charge in [-0.2, -0.15) is 0 Å². The predicted octanol–water partition coefficient (Wildman–Crippen LogP) is 2.21. The molecule has 1 aliphatic carbocycles. The van der Waals surface area contributed by atoms with Crippen LogP contribution < -0.4 is 10.4 Å². The van der Waals surface area contributed by atoms with E-state index in [1.165, 1.54) is 0 Å². The van der Waals surface area contributed by atoms with Crippen LogP contribution in [0.15, 0.2) is 34.2 Å². The first kappa shape index (κ1) is 12.3. The maximum absolute atomic E-state index is 11.6. The number of rotatable bonds is 5. The zero-order valence-electron chi connectivity index (χ0n) is 10.6. The number of hydrogen-bond acceptors (Lipinski definition) is 4. The van der Waals surface area contributed by atoms with Gasteiger partial charge in [0.2, 0.25) is 0 Å². The topological polar surface area (TPSA) is 59.9 Å². The Morgan fingerprint density at radius 3 is 3.11 bits per heavy atom. The summed E-state index contributed by atoms with van der Waals surface area (Å²) in [6.07, 6.45) is 2.15. The van der Waals surface area contributed by atoms with Crippen molar-refractivity contribution >= 4 is 11.8 Å². The van der Waals surface area contributed by atoms with E-state index >= 15 is 0 Å². The number of methoxy groups -OCH3 is 1. The van der Waals surface area contributed by atoms with E-state index in [9.17, 15) is 4.79 Å². The molecular weight excluding hydrogens is 262 g/mol. The summed E-state index contributed by atoms with van der Waals surface area (Å²) in [5, 5.41) is 7.39. The fraction of sp³-hybridized carbons (Fsp3) is 0.385. The Morgan fingerprint density at radius 2 is 2.37 bits per heavy atom. The highest BCUT2D eigenvalue weighted by Gasteiger charge is 2.28. The van der Waals surface area contributed by atoms with Crippen molar-refractivity contribution in [2.75, 3.05) is 7.11 Å². The zero-order chi connectivity index (χ0) is 13.2. The molecule has 5 nitrogen and oxygen atoms in total. The Labute approximate surface area is 115 Å². The molecule has 1 fully saturated rings. The number of ether oxygens (including phenoxy) is 1. The molecule has 1 aromatic carbocycles. The van der Waals surface area contributed by atoms with Crippen LogP contribution in [0.3, 0.4) is 0 Å². The first-order valence-electron chi connectivity index (χ1n) is 6.20. The maximum atomic E-state index is 11.6. The Morgan fingerprint density at radius 1 is 1.53 bits per heavy atom. The molecule has 100 valence electrons. The Hall–Kier alpha value is -1.69. The largest absolute Gasteiger partial charge is 0.497 e. The molecule has 0 atom stereocenters. The number of aromatic nitrogens is 3. The van der Waals surface area contributed by atoms with Crippen LogP contribution in [0, 0.1) is 0 Å². The van der Waals surface area contributed by atoms with E-state index in [0.717, 1.165) is 35.1 Å². The summed E-state index contributed by atoms with van der Waals surface area (Å²) in [7, 11) is 1.66. The number of H-pyrrole nitrogens is 1. The number of hydrogen-bond donors (Lipinski definition) is 1. The molecule has 1 saturated carbocycles. The third-order valence-corrected chi connectivity index (χ3v) is 4.11. The molecule has 3 rings (SSSR count). The summed E-state index contributed by atoms with van der Waals surface area (Å²) >= 11 is 1.57. The summed E-state index contributed by atoms with van der Waals surface area (Å²) in [6, 6.07) is 8.27. The van der Waals surface area contributed by atoms with Crippen LogP contribution >= 0.6 is 11.8 Å². The average molecular weight is 277 g/mol. The fourth-order valence-electron chi connectivity index (χ4n) is 1.96. The van der Waals surface area contributed by atoms with Crippen molar-refractivity contribution in [1.82, 2.24) is 14.8 Å². The van der Waals surface area contributed by atoms with Gasteiger partial charge in [0.05, 0.1) is 7.11 Å². The second-order valence-corrected chi connectivity index (χ2v) is 5.50. The van der Waals surface area contributed by atoms with Crippen LogP contribution in [0.4, 0.5) is 0 Å². The van der Waals surface area contributed by atoms with Crippen molar-refractivity contribution in [2.24, 2.45) is 0 Å². The Bertz CT molecular complexity index is 631. The number of nitrogens with one attached hydrogen (secondary N) is 1. The van der Waals surface area contributed by atoms with Gasteiger partial charge in [-0.3, -0.25) is 4.57 Å². The van der Waals surface area contributed by atoms with Gasteiger partial charge in [0.15, 0.2) is 5.16 Å². The molecule has 0 spiro atoms. The molecule has 1 aliphatic rings. The van der Waals surface area contributed by atoms with E-state index < -0.39 is 0 Å². The number of aromatic amines is 1. The fourth-order valence-corrected chi connectivity index (χ4v) is 2.91. The van der Waals surface area contributed by atoms with E-state index in [-0.39, 0.29) is 5.69 Å². The SMILES string of the molecule is COc1cccc(CSc2n[nH]c(=O)n2C2CC2)c1. The molecule has 0 unspecified atom stereocenters. The zero-order valence-corrected chi connectivity index (χ0v) is 11.4. The van der Waals surface area contributed by atoms with Crippen LogP contribution in [0.25, 0.3) is 0 Å². The second-order valence-electron chi connectivity index (χ2n) is 4.55. The molecule has 0 radical (unpaired) electrons. The van der Waals surface area contributed by atoms with Gasteiger partial charge in [0, 0.05) is 11.8 Å². The van der Waals surface area contributed by atoms with Gasteiger partial charge in [0.1, 0.15) is 5.75 Å². The lowest BCUT2D eigenvalue weighted by atomic mass is 10.2. The van der Waals surface area contributed by atoms with Crippen LogP contribution in [0.2, 0.25) is 0 Å². The predicted molar refractivity (Wildman–Crippen MR) is 73.7 cm³/mol. The molecule has 1 heterocycles. The third-order valence-electron chi connectivity index (χ3n) is 3.09. The van der Waals surface area contributed by atoms with Crippen molar-refractivity contribution in [1.29, 1.82) is 0 Å². The van der Waals surface area contributed by atoms with Crippen molar-refractivity contribution in [3.63, 3.8) is 0 Å². The van der Waals surface area contributed by atoms with E-state index in [2.05, 4.69) is 10.2 Å². The number of thioether (sulfide) groups is 1. The summed E-state index contributed by atoms with van der Waals surface area (Å²) in [5.74, 6) is 1.62. The molecule has 1 N–H and O–H groups in total. The van der Waals surface area contributed by atoms with Gasteiger partial charge in [-0.15, -0.1) is 5.10 Å². The second kappa shape index (κ2) is 5.13. The first-order chi connectivity index (χ1) is 9.28. The van der Waals surface area contributed by atoms with Crippen molar-refractivity contribution in [2.45, 2.75) is 29.8 Å². The van der Waals surface area contributed by atoms with E-state index in [1.807, 2.05) is 24.3 Å². The number of benzene rings is 1. The van der Waals surface area contributed by atoms with E-state index in [1.54, 1.807) is 23.4 Å². The highest BCUT2D eigenvalue weighted by Crippen LogP contribution is 2.36. The maximum Gasteiger partial charge on any atom is 0.344 e. The standard InChI is InChI=1S/C13H15N3O2S/c1-18-11-4-2-3-9(7-11)8-19-13-15-14-12(17)16(13)10-5-6-10/h2-4,7,10H,5-6,8H2,1H3,(H,14,17). The van der Waals surface area contributed by atoms with Crippen LogP contribution in [0.1, 0.15) is 24.4 Å². The minimum absolute atomic E-state index is 0.101. The lowest BCUT2D eigenvalue weighted by Gasteiger charge is -2.05. The van der Waals surface area contributed by atoms with Gasteiger partial charge in [-0.25, -0.2) is 9.89 Å². The summed E-state index contributed by atoms with van der Waals surface area (Å²) in [5.41, 5.74) is 1.05. The van der Waals surface area contributed by atoms with Crippen LogP contribution in [-0.2, 0) is 5.75 Å². The Balaban J connectivity index is 1.73. The molecule has 6 heteroatoms. The molecule has 2 aromatic rings. The monoisotopic (exact) mass is 277 g/mol. The number of nitrogens with zero attached hydrogens (tertiary/aromatic N) is 2. The molecule has 1 aromatic heterocycles. The Kier molecular flexibility index (Phi) is 3.33.